The maximum Gasteiger partial charge on any atom is 0.267 e. The third kappa shape index (κ3) is 4.50. The number of halogens is 1. The van der Waals surface area contributed by atoms with Crippen LogP contribution in [0.15, 0.2) is 63.9 Å². The van der Waals surface area contributed by atoms with Crippen molar-refractivity contribution in [3.63, 3.8) is 0 Å². The van der Waals surface area contributed by atoms with Gasteiger partial charge in [0.1, 0.15) is 22.6 Å². The number of pyridine rings is 2. The molecule has 0 bridgehead atoms. The minimum Gasteiger partial charge on any atom is -0.307 e. The van der Waals surface area contributed by atoms with Crippen LogP contribution in [0, 0.1) is 11.2 Å². The summed E-state index contributed by atoms with van der Waals surface area (Å²) in [6.07, 6.45) is 5.37. The van der Waals surface area contributed by atoms with E-state index in [1.54, 1.807) is 41.1 Å². The first-order valence-electron chi connectivity index (χ1n) is 12.1. The summed E-state index contributed by atoms with van der Waals surface area (Å²) in [6, 6.07) is 13.3. The van der Waals surface area contributed by atoms with Gasteiger partial charge in [-0.1, -0.05) is 60.2 Å². The van der Waals surface area contributed by atoms with Crippen LogP contribution >= 0.6 is 23.1 Å². The summed E-state index contributed by atoms with van der Waals surface area (Å²) in [5.74, 6) is -0.461. The second kappa shape index (κ2) is 10.1. The molecule has 0 radical (unpaired) electrons. The highest BCUT2D eigenvalue weighted by atomic mass is 32.2. The van der Waals surface area contributed by atoms with Crippen LogP contribution in [0.25, 0.3) is 16.7 Å². The van der Waals surface area contributed by atoms with E-state index in [0.29, 0.717) is 27.0 Å². The number of thioether (sulfide) groups is 1. The highest BCUT2D eigenvalue weighted by Crippen LogP contribution is 2.31. The van der Waals surface area contributed by atoms with Crippen molar-refractivity contribution in [2.24, 2.45) is 0 Å². The molecule has 1 aliphatic carbocycles. The highest BCUT2D eigenvalue weighted by Gasteiger charge is 2.25. The third-order valence-electron chi connectivity index (χ3n) is 6.63. The maximum atomic E-state index is 13.9. The van der Waals surface area contributed by atoms with E-state index in [0.717, 1.165) is 25.7 Å². The fourth-order valence-electron chi connectivity index (χ4n) is 4.78. The van der Waals surface area contributed by atoms with Crippen molar-refractivity contribution in [3.05, 3.63) is 87.5 Å². The minimum atomic E-state index is -0.553. The first-order chi connectivity index (χ1) is 18.5. The van der Waals surface area contributed by atoms with Crippen molar-refractivity contribution in [1.29, 1.82) is 5.41 Å². The monoisotopic (exact) mass is 547 g/mol. The number of hydrogen-bond acceptors (Lipinski definition) is 8. The summed E-state index contributed by atoms with van der Waals surface area (Å²) in [5.41, 5.74) is 1.23. The van der Waals surface area contributed by atoms with E-state index < -0.39 is 5.91 Å². The van der Waals surface area contributed by atoms with Gasteiger partial charge in [0.25, 0.3) is 11.5 Å². The quantitative estimate of drug-likeness (QED) is 0.180. The van der Waals surface area contributed by atoms with Crippen molar-refractivity contribution in [2.45, 2.75) is 41.8 Å². The molecule has 6 rings (SSSR count). The largest absolute Gasteiger partial charge is 0.307 e. The molecule has 0 spiro atoms. The van der Waals surface area contributed by atoms with Gasteiger partial charge in [0, 0.05) is 18.0 Å². The molecule has 38 heavy (non-hydrogen) atoms. The van der Waals surface area contributed by atoms with Crippen LogP contribution in [0.4, 0.5) is 9.52 Å². The molecule has 192 valence electrons. The Hall–Kier alpha value is -3.90. The molecule has 1 amide bonds. The van der Waals surface area contributed by atoms with Crippen molar-refractivity contribution in [2.75, 3.05) is 5.32 Å². The zero-order valence-corrected chi connectivity index (χ0v) is 21.7. The van der Waals surface area contributed by atoms with Crippen LogP contribution in [0.5, 0.6) is 0 Å². The Kier molecular flexibility index (Phi) is 6.50. The van der Waals surface area contributed by atoms with Crippen LogP contribution < -0.4 is 16.4 Å². The second-order valence-electron chi connectivity index (χ2n) is 9.01. The number of nitrogens with one attached hydrogen (secondary N) is 2. The lowest BCUT2D eigenvalue weighted by Gasteiger charge is -2.19. The minimum absolute atomic E-state index is 0.00717. The summed E-state index contributed by atoms with van der Waals surface area (Å²) in [4.78, 5) is 31.5. The molecule has 1 aromatic carbocycles. The molecular weight excluding hydrogens is 525 g/mol. The number of aromatic nitrogens is 5. The van der Waals surface area contributed by atoms with E-state index in [4.69, 9.17) is 10.4 Å². The molecule has 4 aromatic heterocycles. The smallest absolute Gasteiger partial charge is 0.267 e. The first kappa shape index (κ1) is 24.4. The fourth-order valence-corrected chi connectivity index (χ4v) is 6.51. The summed E-state index contributed by atoms with van der Waals surface area (Å²) in [7, 11) is 0. The van der Waals surface area contributed by atoms with Gasteiger partial charge in [0.05, 0.1) is 10.9 Å². The van der Waals surface area contributed by atoms with Crippen molar-refractivity contribution in [1.82, 2.24) is 24.1 Å². The molecule has 5 aromatic rings. The summed E-state index contributed by atoms with van der Waals surface area (Å²) in [5, 5.41) is 20.3. The van der Waals surface area contributed by atoms with Gasteiger partial charge in [-0.2, -0.15) is 0 Å². The Bertz CT molecular complexity index is 1810. The van der Waals surface area contributed by atoms with Gasteiger partial charge < -0.3 is 4.57 Å². The molecule has 12 heteroatoms. The molecule has 1 saturated carbocycles. The number of carbonyl (C=O) groups is 1. The predicted molar refractivity (Wildman–Crippen MR) is 144 cm³/mol. The highest BCUT2D eigenvalue weighted by molar-refractivity contribution is 8.00. The Morgan fingerprint density at radius 3 is 2.76 bits per heavy atom. The van der Waals surface area contributed by atoms with Gasteiger partial charge in [-0.3, -0.25) is 24.7 Å². The van der Waals surface area contributed by atoms with E-state index in [2.05, 4.69) is 15.5 Å². The van der Waals surface area contributed by atoms with Gasteiger partial charge in [0.2, 0.25) is 5.13 Å². The Labute approximate surface area is 223 Å². The molecule has 1 aliphatic rings. The van der Waals surface area contributed by atoms with Crippen molar-refractivity contribution >= 4 is 50.8 Å². The number of amides is 1. The second-order valence-corrected chi connectivity index (χ2v) is 11.2. The molecule has 4 heterocycles. The van der Waals surface area contributed by atoms with E-state index in [1.807, 2.05) is 6.07 Å². The maximum absolute atomic E-state index is 13.9. The van der Waals surface area contributed by atoms with Crippen LogP contribution in [-0.2, 0) is 5.75 Å². The predicted octanol–water partition coefficient (Wildman–Crippen LogP) is 4.78. The number of nitrogens with zero attached hydrogens (tertiary/aromatic N) is 5. The molecule has 0 saturated heterocycles. The standard InChI is InChI=1S/C26H22FN7O2S2/c27-19-10-4-1-7-15(19)14-37-26-32-31-25(38-26)30-23(35)17-13-18-22(34(21(17)28)16-8-2-3-9-16)29-20-11-5-6-12-33(20)24(18)36/h1,4-7,10-13,16,28H,2-3,8-9,14H2,(H,30,31,35). The molecule has 9 nitrogen and oxygen atoms in total. The van der Waals surface area contributed by atoms with Crippen molar-refractivity contribution in [3.8, 4) is 0 Å². The van der Waals surface area contributed by atoms with E-state index >= 15 is 0 Å². The lowest BCUT2D eigenvalue weighted by Crippen LogP contribution is -2.33. The third-order valence-corrected chi connectivity index (χ3v) is 8.65. The molecule has 1 fully saturated rings. The van der Waals surface area contributed by atoms with E-state index in [1.165, 1.54) is 39.6 Å². The van der Waals surface area contributed by atoms with Crippen LogP contribution in [0.1, 0.15) is 47.6 Å². The number of benzene rings is 1. The normalized spacial score (nSPS) is 13.9. The number of carbonyl (C=O) groups excluding carboxylic acids is 1. The van der Waals surface area contributed by atoms with Crippen molar-refractivity contribution < 1.29 is 9.18 Å². The van der Waals surface area contributed by atoms with Gasteiger partial charge in [-0.15, -0.1) is 10.2 Å². The van der Waals surface area contributed by atoms with E-state index in [9.17, 15) is 14.0 Å². The Balaban J connectivity index is 1.34. The van der Waals surface area contributed by atoms with Crippen LogP contribution in [0.3, 0.4) is 0 Å². The first-order valence-corrected chi connectivity index (χ1v) is 13.9. The van der Waals surface area contributed by atoms with Gasteiger partial charge >= 0.3 is 0 Å². The fraction of sp³-hybridized carbons (Fsp3) is 0.231. The Morgan fingerprint density at radius 2 is 1.95 bits per heavy atom. The van der Waals surface area contributed by atoms with Gasteiger partial charge in [-0.25, -0.2) is 9.37 Å². The molecule has 0 unspecified atom stereocenters. The lowest BCUT2D eigenvalue weighted by atomic mass is 10.1. The van der Waals surface area contributed by atoms with E-state index in [-0.39, 0.29) is 39.0 Å². The summed E-state index contributed by atoms with van der Waals surface area (Å²) < 4.78 is 17.7. The molecule has 0 aliphatic heterocycles. The van der Waals surface area contributed by atoms with Gasteiger partial charge in [0.15, 0.2) is 4.34 Å². The molecule has 0 atom stereocenters. The number of fused-ring (bicyclic) bond motifs is 2. The molecule has 2 N–H and O–H groups in total. The average molecular weight is 548 g/mol. The van der Waals surface area contributed by atoms with Crippen LogP contribution in [0.2, 0.25) is 0 Å². The lowest BCUT2D eigenvalue weighted by molar-refractivity contribution is 0.102. The number of rotatable bonds is 6. The summed E-state index contributed by atoms with van der Waals surface area (Å²) in [6.45, 7) is 0. The SMILES string of the molecule is N=c1c(C(=O)Nc2nnc(SCc3ccccc3F)s2)cc2c(=O)n3ccccc3nc2n1C1CCCC1. The Morgan fingerprint density at radius 1 is 1.16 bits per heavy atom. The number of anilines is 1. The van der Waals surface area contributed by atoms with Gasteiger partial charge in [-0.05, 0) is 42.7 Å². The van der Waals surface area contributed by atoms with Crippen LogP contribution in [-0.4, -0.2) is 30.1 Å². The molecular formula is C26H22FN7O2S2. The average Bonchev–Trinajstić information content (AvgIpc) is 3.61. The summed E-state index contributed by atoms with van der Waals surface area (Å²) >= 11 is 2.48. The zero-order valence-electron chi connectivity index (χ0n) is 20.1. The zero-order chi connectivity index (χ0) is 26.2. The number of hydrogen-bond donors (Lipinski definition) is 2. The topological polar surface area (TPSA) is 118 Å².